The minimum absolute atomic E-state index is 0.00433. The summed E-state index contributed by atoms with van der Waals surface area (Å²) in [4.78, 5) is 26.0. The number of carbonyl (C=O) groups is 2. The van der Waals surface area contributed by atoms with E-state index < -0.39 is 0 Å². The van der Waals surface area contributed by atoms with Gasteiger partial charge in [0.05, 0.1) is 16.6 Å². The van der Waals surface area contributed by atoms with E-state index in [0.29, 0.717) is 34.0 Å². The SMILES string of the molecule is CC(CC(=O)N(C)CC(=O)Nc1ccc(Cl)c(Cl)c1)C1CCNCC1. The first kappa shape index (κ1) is 20.0. The molecule has 1 atom stereocenters. The average molecular weight is 386 g/mol. The second-order valence-corrected chi connectivity index (χ2v) is 7.51. The minimum Gasteiger partial charge on any atom is -0.336 e. The van der Waals surface area contributed by atoms with Gasteiger partial charge in [-0.25, -0.2) is 0 Å². The molecule has 0 aromatic heterocycles. The summed E-state index contributed by atoms with van der Waals surface area (Å²) in [6.45, 7) is 4.17. The van der Waals surface area contributed by atoms with Crippen LogP contribution < -0.4 is 10.6 Å². The molecule has 1 aliphatic heterocycles. The molecule has 1 aromatic rings. The molecule has 1 fully saturated rings. The standard InChI is InChI=1S/C18H25Cl2N3O2/c1-12(13-5-7-21-8-6-13)9-18(25)23(2)11-17(24)22-14-3-4-15(19)16(20)10-14/h3-4,10,12-13,21H,5-9,11H2,1-2H3,(H,22,24). The fourth-order valence-electron chi connectivity index (χ4n) is 3.09. The summed E-state index contributed by atoms with van der Waals surface area (Å²) in [5.74, 6) is 0.637. The molecule has 7 heteroatoms. The van der Waals surface area contributed by atoms with Gasteiger partial charge >= 0.3 is 0 Å². The van der Waals surface area contributed by atoms with Crippen LogP contribution in [0.15, 0.2) is 18.2 Å². The quantitative estimate of drug-likeness (QED) is 0.788. The van der Waals surface area contributed by atoms with Crippen LogP contribution in [0.5, 0.6) is 0 Å². The number of anilines is 1. The van der Waals surface area contributed by atoms with Gasteiger partial charge in [0.2, 0.25) is 11.8 Å². The lowest BCUT2D eigenvalue weighted by Crippen LogP contribution is -2.37. The number of nitrogens with zero attached hydrogens (tertiary/aromatic N) is 1. The van der Waals surface area contributed by atoms with E-state index in [0.717, 1.165) is 25.9 Å². The molecule has 0 radical (unpaired) electrons. The summed E-state index contributed by atoms with van der Waals surface area (Å²) in [6, 6.07) is 4.88. The molecule has 138 valence electrons. The Kier molecular flexibility index (Phi) is 7.54. The molecular formula is C18H25Cl2N3O2. The topological polar surface area (TPSA) is 61.4 Å². The molecule has 1 heterocycles. The number of hydrogen-bond donors (Lipinski definition) is 2. The molecule has 1 aliphatic rings. The molecule has 1 aromatic carbocycles. The van der Waals surface area contributed by atoms with Gasteiger partial charge in [-0.15, -0.1) is 0 Å². The Morgan fingerprint density at radius 3 is 2.60 bits per heavy atom. The lowest BCUT2D eigenvalue weighted by atomic mass is 9.84. The smallest absolute Gasteiger partial charge is 0.243 e. The van der Waals surface area contributed by atoms with E-state index in [-0.39, 0.29) is 18.4 Å². The van der Waals surface area contributed by atoms with Crippen LogP contribution in [-0.2, 0) is 9.59 Å². The number of nitrogens with one attached hydrogen (secondary N) is 2. The second kappa shape index (κ2) is 9.41. The van der Waals surface area contributed by atoms with Crippen molar-refractivity contribution in [2.45, 2.75) is 26.2 Å². The van der Waals surface area contributed by atoms with Crippen molar-refractivity contribution in [3.63, 3.8) is 0 Å². The normalized spacial score (nSPS) is 16.3. The van der Waals surface area contributed by atoms with Gasteiger partial charge in [-0.3, -0.25) is 9.59 Å². The van der Waals surface area contributed by atoms with Crippen LogP contribution >= 0.6 is 23.2 Å². The largest absolute Gasteiger partial charge is 0.336 e. The molecule has 1 unspecified atom stereocenters. The molecular weight excluding hydrogens is 361 g/mol. The Morgan fingerprint density at radius 2 is 1.96 bits per heavy atom. The fourth-order valence-corrected chi connectivity index (χ4v) is 3.39. The lowest BCUT2D eigenvalue weighted by molar-refractivity contribution is -0.134. The fraction of sp³-hybridized carbons (Fsp3) is 0.556. The molecule has 25 heavy (non-hydrogen) atoms. The van der Waals surface area contributed by atoms with Crippen LogP contribution in [0.1, 0.15) is 26.2 Å². The van der Waals surface area contributed by atoms with Gasteiger partial charge in [0.25, 0.3) is 0 Å². The maximum absolute atomic E-state index is 12.4. The number of amides is 2. The summed E-state index contributed by atoms with van der Waals surface area (Å²) in [6.07, 6.45) is 2.69. The van der Waals surface area contributed by atoms with Crippen LogP contribution in [-0.4, -0.2) is 43.4 Å². The number of carbonyl (C=O) groups excluding carboxylic acids is 2. The zero-order valence-corrected chi connectivity index (χ0v) is 16.2. The van der Waals surface area contributed by atoms with Crippen molar-refractivity contribution < 1.29 is 9.59 Å². The van der Waals surface area contributed by atoms with Crippen LogP contribution in [0.25, 0.3) is 0 Å². The molecule has 0 aliphatic carbocycles. The van der Waals surface area contributed by atoms with Gasteiger partial charge < -0.3 is 15.5 Å². The molecule has 5 nitrogen and oxygen atoms in total. The first-order valence-electron chi connectivity index (χ1n) is 8.56. The molecule has 0 spiro atoms. The van der Waals surface area contributed by atoms with Crippen LogP contribution in [0, 0.1) is 11.8 Å². The summed E-state index contributed by atoms with van der Waals surface area (Å²) < 4.78 is 0. The Morgan fingerprint density at radius 1 is 1.28 bits per heavy atom. The van der Waals surface area contributed by atoms with E-state index in [4.69, 9.17) is 23.2 Å². The molecule has 2 rings (SSSR count). The van der Waals surface area contributed by atoms with Gasteiger partial charge in [0, 0.05) is 19.2 Å². The van der Waals surface area contributed by atoms with Crippen LogP contribution in [0.4, 0.5) is 5.69 Å². The van der Waals surface area contributed by atoms with Crippen molar-refractivity contribution >= 4 is 40.7 Å². The predicted molar refractivity (Wildman–Crippen MR) is 102 cm³/mol. The third-order valence-corrected chi connectivity index (χ3v) is 5.43. The van der Waals surface area contributed by atoms with Crippen molar-refractivity contribution in [2.24, 2.45) is 11.8 Å². The highest BCUT2D eigenvalue weighted by atomic mass is 35.5. The number of halogens is 2. The Hall–Kier alpha value is -1.30. The molecule has 2 amide bonds. The predicted octanol–water partition coefficient (Wildman–Crippen LogP) is 3.42. The highest BCUT2D eigenvalue weighted by molar-refractivity contribution is 6.42. The molecule has 2 N–H and O–H groups in total. The van der Waals surface area contributed by atoms with Gasteiger partial charge in [0.15, 0.2) is 0 Å². The van der Waals surface area contributed by atoms with E-state index in [1.165, 1.54) is 4.90 Å². The Balaban J connectivity index is 1.80. The third kappa shape index (κ3) is 6.17. The summed E-state index contributed by atoms with van der Waals surface area (Å²) >= 11 is 11.8. The zero-order valence-electron chi connectivity index (χ0n) is 14.6. The number of hydrogen-bond acceptors (Lipinski definition) is 3. The zero-order chi connectivity index (χ0) is 18.4. The van der Waals surface area contributed by atoms with E-state index in [9.17, 15) is 9.59 Å². The average Bonchev–Trinajstić information content (AvgIpc) is 2.58. The number of rotatable bonds is 6. The maximum atomic E-state index is 12.4. The number of piperidine rings is 1. The Bertz CT molecular complexity index is 618. The summed E-state index contributed by atoms with van der Waals surface area (Å²) in [5.41, 5.74) is 0.559. The van der Waals surface area contributed by atoms with E-state index >= 15 is 0 Å². The molecule has 0 bridgehead atoms. The first-order valence-corrected chi connectivity index (χ1v) is 9.32. The molecule has 0 saturated carbocycles. The summed E-state index contributed by atoms with van der Waals surface area (Å²) in [5, 5.41) is 6.87. The third-order valence-electron chi connectivity index (χ3n) is 4.70. The van der Waals surface area contributed by atoms with E-state index in [1.807, 2.05) is 0 Å². The van der Waals surface area contributed by atoms with Crippen molar-refractivity contribution in [1.29, 1.82) is 0 Å². The lowest BCUT2D eigenvalue weighted by Gasteiger charge is -2.29. The van der Waals surface area contributed by atoms with Gasteiger partial charge in [-0.05, 0) is 56.0 Å². The maximum Gasteiger partial charge on any atom is 0.243 e. The van der Waals surface area contributed by atoms with Crippen LogP contribution in [0.2, 0.25) is 10.0 Å². The number of benzene rings is 1. The number of likely N-dealkylation sites (N-methyl/N-ethyl adjacent to an activating group) is 1. The van der Waals surface area contributed by atoms with Gasteiger partial charge in [-0.2, -0.15) is 0 Å². The molecule has 1 saturated heterocycles. The highest BCUT2D eigenvalue weighted by Crippen LogP contribution is 2.26. The second-order valence-electron chi connectivity index (χ2n) is 6.70. The minimum atomic E-state index is -0.260. The van der Waals surface area contributed by atoms with Crippen LogP contribution in [0.3, 0.4) is 0 Å². The first-order chi connectivity index (χ1) is 11.9. The van der Waals surface area contributed by atoms with Gasteiger partial charge in [-0.1, -0.05) is 30.1 Å². The van der Waals surface area contributed by atoms with Crippen molar-refractivity contribution in [1.82, 2.24) is 10.2 Å². The van der Waals surface area contributed by atoms with Crippen molar-refractivity contribution in [3.8, 4) is 0 Å². The Labute approximate surface area is 159 Å². The summed E-state index contributed by atoms with van der Waals surface area (Å²) in [7, 11) is 1.66. The highest BCUT2D eigenvalue weighted by Gasteiger charge is 2.24. The monoisotopic (exact) mass is 385 g/mol. The van der Waals surface area contributed by atoms with Crippen molar-refractivity contribution in [2.75, 3.05) is 32.0 Å². The van der Waals surface area contributed by atoms with Gasteiger partial charge in [0.1, 0.15) is 0 Å². The van der Waals surface area contributed by atoms with E-state index in [2.05, 4.69) is 17.6 Å². The van der Waals surface area contributed by atoms with Crippen molar-refractivity contribution in [3.05, 3.63) is 28.2 Å². The van der Waals surface area contributed by atoms with E-state index in [1.54, 1.807) is 25.2 Å².